The lowest BCUT2D eigenvalue weighted by Gasteiger charge is -2.28. The molecule has 6 nitrogen and oxygen atoms in total. The van der Waals surface area contributed by atoms with Crippen molar-refractivity contribution in [2.75, 3.05) is 18.0 Å². The van der Waals surface area contributed by atoms with E-state index in [1.165, 1.54) is 11.0 Å². The first-order valence-corrected chi connectivity index (χ1v) is 7.84. The Morgan fingerprint density at radius 1 is 0.917 bits per heavy atom. The summed E-state index contributed by atoms with van der Waals surface area (Å²) in [5.41, 5.74) is -0.893. The molecule has 0 atom stereocenters. The summed E-state index contributed by atoms with van der Waals surface area (Å²) < 4.78 is 10.6. The second-order valence-corrected chi connectivity index (χ2v) is 7.52. The molecule has 1 aromatic carbocycles. The van der Waals surface area contributed by atoms with Gasteiger partial charge in [0.15, 0.2) is 0 Å². The van der Waals surface area contributed by atoms with E-state index in [1.807, 2.05) is 0 Å². The number of aromatic hydroxyl groups is 1. The third-order valence-electron chi connectivity index (χ3n) is 2.70. The molecule has 0 bridgehead atoms. The fourth-order valence-corrected chi connectivity index (χ4v) is 2.02. The molecule has 0 fully saturated rings. The van der Waals surface area contributed by atoms with Crippen LogP contribution in [0.5, 0.6) is 5.75 Å². The molecule has 0 saturated heterocycles. The highest BCUT2D eigenvalue weighted by atomic mass is 16.6. The highest BCUT2D eigenvalue weighted by Crippen LogP contribution is 2.26. The van der Waals surface area contributed by atoms with Crippen LogP contribution in [-0.4, -0.2) is 41.3 Å². The number of phenolic OH excluding ortho intramolecular Hbond substituents is 1. The zero-order chi connectivity index (χ0) is 18.5. The van der Waals surface area contributed by atoms with Gasteiger partial charge in [-0.3, -0.25) is 9.59 Å². The summed E-state index contributed by atoms with van der Waals surface area (Å²) in [6.45, 7) is 10.3. The Morgan fingerprint density at radius 2 is 1.33 bits per heavy atom. The Labute approximate surface area is 143 Å². The predicted molar refractivity (Wildman–Crippen MR) is 92.0 cm³/mol. The van der Waals surface area contributed by atoms with Crippen LogP contribution in [-0.2, 0) is 19.1 Å². The third kappa shape index (κ3) is 7.35. The van der Waals surface area contributed by atoms with Gasteiger partial charge in [-0.05, 0) is 53.7 Å². The first kappa shape index (κ1) is 19.8. The predicted octanol–water partition coefficient (Wildman–Crippen LogP) is 2.88. The van der Waals surface area contributed by atoms with Gasteiger partial charge in [0.1, 0.15) is 30.0 Å². The molecule has 1 aromatic rings. The van der Waals surface area contributed by atoms with Gasteiger partial charge in [-0.25, -0.2) is 0 Å². The maximum Gasteiger partial charge on any atom is 0.326 e. The van der Waals surface area contributed by atoms with Crippen LogP contribution in [0.2, 0.25) is 0 Å². The Bertz CT molecular complexity index is 554. The van der Waals surface area contributed by atoms with Gasteiger partial charge in [-0.2, -0.15) is 0 Å². The first-order chi connectivity index (χ1) is 10.9. The van der Waals surface area contributed by atoms with Gasteiger partial charge in [0.25, 0.3) is 0 Å². The summed E-state index contributed by atoms with van der Waals surface area (Å²) in [4.78, 5) is 25.7. The number of rotatable bonds is 5. The number of phenols is 1. The Balaban J connectivity index is 2.94. The molecule has 0 amide bonds. The first-order valence-electron chi connectivity index (χ1n) is 7.84. The molecule has 134 valence electrons. The van der Waals surface area contributed by atoms with E-state index in [-0.39, 0.29) is 18.8 Å². The van der Waals surface area contributed by atoms with Crippen molar-refractivity contribution in [3.8, 4) is 5.75 Å². The molecule has 0 aliphatic carbocycles. The molecule has 1 rings (SSSR count). The highest BCUT2D eigenvalue weighted by molar-refractivity contribution is 5.82. The van der Waals surface area contributed by atoms with Crippen LogP contribution in [0.1, 0.15) is 41.5 Å². The molecule has 0 aromatic heterocycles. The summed E-state index contributed by atoms with van der Waals surface area (Å²) in [7, 11) is 0. The fraction of sp³-hybridized carbons (Fsp3) is 0.556. The average molecular weight is 337 g/mol. The van der Waals surface area contributed by atoms with E-state index in [1.54, 1.807) is 59.7 Å². The lowest BCUT2D eigenvalue weighted by molar-refractivity contribution is -0.154. The number of anilines is 1. The molecule has 0 aliphatic heterocycles. The minimum Gasteiger partial charge on any atom is -0.506 e. The van der Waals surface area contributed by atoms with Crippen LogP contribution in [0, 0.1) is 0 Å². The molecule has 24 heavy (non-hydrogen) atoms. The largest absolute Gasteiger partial charge is 0.506 e. The van der Waals surface area contributed by atoms with Crippen LogP contribution < -0.4 is 4.90 Å². The van der Waals surface area contributed by atoms with Gasteiger partial charge < -0.3 is 19.5 Å². The summed E-state index contributed by atoms with van der Waals surface area (Å²) in [6, 6.07) is 6.50. The molecular weight excluding hydrogens is 310 g/mol. The number of nitrogens with zero attached hydrogens (tertiary/aromatic N) is 1. The standard InChI is InChI=1S/C18H27NO5/c1-17(2,3)23-15(21)11-19(12-16(22)24-18(4,5)6)13-9-7-8-10-14(13)20/h7-10,20H,11-12H2,1-6H3. The number of benzene rings is 1. The van der Waals surface area contributed by atoms with Crippen molar-refractivity contribution in [1.29, 1.82) is 0 Å². The Hall–Kier alpha value is -2.24. The molecule has 6 heteroatoms. The minimum absolute atomic E-state index is 0.0235. The molecule has 0 spiro atoms. The second kappa shape index (κ2) is 7.55. The molecule has 0 heterocycles. The van der Waals surface area contributed by atoms with Crippen LogP contribution in [0.4, 0.5) is 5.69 Å². The highest BCUT2D eigenvalue weighted by Gasteiger charge is 2.24. The molecule has 1 N–H and O–H groups in total. The van der Waals surface area contributed by atoms with E-state index >= 15 is 0 Å². The van der Waals surface area contributed by atoms with Crippen molar-refractivity contribution >= 4 is 17.6 Å². The number of para-hydroxylation sites is 2. The van der Waals surface area contributed by atoms with Gasteiger partial charge in [-0.15, -0.1) is 0 Å². The summed E-state index contributed by atoms with van der Waals surface area (Å²) in [5.74, 6) is -1.01. The summed E-state index contributed by atoms with van der Waals surface area (Å²) in [5, 5.41) is 10.0. The Kier molecular flexibility index (Phi) is 6.23. The SMILES string of the molecule is CC(C)(C)OC(=O)CN(CC(=O)OC(C)(C)C)c1ccccc1O. The number of carbonyl (C=O) groups is 2. The summed E-state index contributed by atoms with van der Waals surface area (Å²) in [6.07, 6.45) is 0. The van der Waals surface area contributed by atoms with E-state index < -0.39 is 23.1 Å². The molecule has 0 unspecified atom stereocenters. The second-order valence-electron chi connectivity index (χ2n) is 7.52. The zero-order valence-electron chi connectivity index (χ0n) is 15.3. The fourth-order valence-electron chi connectivity index (χ4n) is 2.02. The van der Waals surface area contributed by atoms with E-state index in [9.17, 15) is 14.7 Å². The van der Waals surface area contributed by atoms with Crippen molar-refractivity contribution in [3.05, 3.63) is 24.3 Å². The van der Waals surface area contributed by atoms with Gasteiger partial charge in [0.2, 0.25) is 0 Å². The number of ether oxygens (including phenoxy) is 2. The quantitative estimate of drug-likeness (QED) is 0.833. The van der Waals surface area contributed by atoms with Crippen molar-refractivity contribution in [2.45, 2.75) is 52.7 Å². The van der Waals surface area contributed by atoms with Crippen LogP contribution >= 0.6 is 0 Å². The van der Waals surface area contributed by atoms with Gasteiger partial charge in [0.05, 0.1) is 5.69 Å². The Morgan fingerprint density at radius 3 is 1.71 bits per heavy atom. The molecule has 0 radical (unpaired) electrons. The van der Waals surface area contributed by atoms with E-state index in [0.717, 1.165) is 0 Å². The topological polar surface area (TPSA) is 76.1 Å². The lowest BCUT2D eigenvalue weighted by atomic mass is 10.2. The van der Waals surface area contributed by atoms with Gasteiger partial charge in [-0.1, -0.05) is 12.1 Å². The third-order valence-corrected chi connectivity index (χ3v) is 2.70. The average Bonchev–Trinajstić information content (AvgIpc) is 2.33. The van der Waals surface area contributed by atoms with Crippen LogP contribution in [0.3, 0.4) is 0 Å². The number of carbonyl (C=O) groups excluding carboxylic acids is 2. The van der Waals surface area contributed by atoms with Crippen molar-refractivity contribution in [2.24, 2.45) is 0 Å². The smallest absolute Gasteiger partial charge is 0.326 e. The van der Waals surface area contributed by atoms with Crippen molar-refractivity contribution in [3.63, 3.8) is 0 Å². The number of esters is 2. The van der Waals surface area contributed by atoms with E-state index in [0.29, 0.717) is 5.69 Å². The van der Waals surface area contributed by atoms with Crippen molar-refractivity contribution < 1.29 is 24.2 Å². The summed E-state index contributed by atoms with van der Waals surface area (Å²) >= 11 is 0. The molecule has 0 aliphatic rings. The van der Waals surface area contributed by atoms with Gasteiger partial charge >= 0.3 is 11.9 Å². The maximum absolute atomic E-state index is 12.1. The van der Waals surface area contributed by atoms with E-state index in [4.69, 9.17) is 9.47 Å². The van der Waals surface area contributed by atoms with Crippen LogP contribution in [0.25, 0.3) is 0 Å². The monoisotopic (exact) mass is 337 g/mol. The normalized spacial score (nSPS) is 11.8. The van der Waals surface area contributed by atoms with E-state index in [2.05, 4.69) is 0 Å². The number of hydrogen-bond acceptors (Lipinski definition) is 6. The maximum atomic E-state index is 12.1. The molecule has 0 saturated carbocycles. The van der Waals surface area contributed by atoms with Gasteiger partial charge in [0, 0.05) is 0 Å². The van der Waals surface area contributed by atoms with Crippen LogP contribution in [0.15, 0.2) is 24.3 Å². The zero-order valence-corrected chi connectivity index (χ0v) is 15.3. The lowest BCUT2D eigenvalue weighted by Crippen LogP contribution is -2.40. The van der Waals surface area contributed by atoms with Crippen molar-refractivity contribution in [1.82, 2.24) is 0 Å². The minimum atomic E-state index is -0.632. The number of hydrogen-bond donors (Lipinski definition) is 1. The molecular formula is C18H27NO5.